The zero-order valence-corrected chi connectivity index (χ0v) is 19.1. The monoisotopic (exact) mass is 528 g/mol. The molecule has 0 bridgehead atoms. The SMILES string of the molecule is CC(C)(Br)c1ccc2c3ccc(Br)c4cccc(c5ccc(Br)c1c52)c43. The Kier molecular flexibility index (Phi) is 3.70. The highest BCUT2D eigenvalue weighted by atomic mass is 79.9. The molecular weight excluding hydrogens is 516 g/mol. The van der Waals surface area contributed by atoms with Crippen LogP contribution in [0.2, 0.25) is 0 Å². The Labute approximate surface area is 177 Å². The first-order valence-corrected chi connectivity index (χ1v) is 10.9. The smallest absolute Gasteiger partial charge is 0.0456 e. The molecule has 0 unspecified atom stereocenters. The van der Waals surface area contributed by atoms with E-state index in [1.54, 1.807) is 0 Å². The van der Waals surface area contributed by atoms with Crippen LogP contribution < -0.4 is 0 Å². The van der Waals surface area contributed by atoms with Crippen molar-refractivity contribution in [1.29, 1.82) is 0 Å². The van der Waals surface area contributed by atoms with Gasteiger partial charge in [0.2, 0.25) is 0 Å². The third-order valence-electron chi connectivity index (χ3n) is 5.32. The normalized spacial score (nSPS) is 12.8. The molecule has 0 spiro atoms. The van der Waals surface area contributed by atoms with Crippen molar-refractivity contribution in [3.05, 3.63) is 69.1 Å². The number of alkyl halides is 1. The van der Waals surface area contributed by atoms with Crippen molar-refractivity contribution in [1.82, 2.24) is 0 Å². The Hall–Kier alpha value is -1.16. The van der Waals surface area contributed by atoms with Crippen LogP contribution in [0, 0.1) is 0 Å². The fourth-order valence-electron chi connectivity index (χ4n) is 4.22. The van der Waals surface area contributed by atoms with Crippen molar-refractivity contribution in [2.75, 3.05) is 0 Å². The van der Waals surface area contributed by atoms with Crippen LogP contribution in [0.5, 0.6) is 0 Å². The summed E-state index contributed by atoms with van der Waals surface area (Å²) in [4.78, 5) is 0. The number of rotatable bonds is 1. The van der Waals surface area contributed by atoms with Crippen molar-refractivity contribution in [2.45, 2.75) is 18.2 Å². The van der Waals surface area contributed by atoms with E-state index in [4.69, 9.17) is 0 Å². The van der Waals surface area contributed by atoms with Gasteiger partial charge in [0.05, 0.1) is 0 Å². The van der Waals surface area contributed by atoms with Crippen LogP contribution in [-0.4, -0.2) is 0 Å². The lowest BCUT2D eigenvalue weighted by Gasteiger charge is -2.23. The lowest BCUT2D eigenvalue weighted by atomic mass is 9.86. The standard InChI is InChI=1S/C23H15Br3/c1-23(2,26)17-9-6-14-13-7-10-18(24)16-5-3-4-12(20(13)16)15-8-11-19(25)22(17)21(14)15/h3-11H,1-2H3. The molecule has 0 saturated carbocycles. The van der Waals surface area contributed by atoms with Gasteiger partial charge in [-0.05, 0) is 69.2 Å². The average molecular weight is 531 g/mol. The van der Waals surface area contributed by atoms with Crippen LogP contribution in [-0.2, 0) is 4.32 Å². The van der Waals surface area contributed by atoms with Gasteiger partial charge in [0.1, 0.15) is 0 Å². The van der Waals surface area contributed by atoms with E-state index in [0.29, 0.717) is 0 Å². The van der Waals surface area contributed by atoms with Crippen LogP contribution in [0.25, 0.3) is 43.1 Å². The van der Waals surface area contributed by atoms with Gasteiger partial charge in [-0.3, -0.25) is 0 Å². The summed E-state index contributed by atoms with van der Waals surface area (Å²) < 4.78 is 2.19. The van der Waals surface area contributed by atoms with E-state index < -0.39 is 0 Å². The molecule has 0 fully saturated rings. The molecule has 0 atom stereocenters. The van der Waals surface area contributed by atoms with Crippen LogP contribution in [0.1, 0.15) is 19.4 Å². The fourth-order valence-corrected chi connectivity index (χ4v) is 5.55. The van der Waals surface area contributed by atoms with Crippen LogP contribution in [0.4, 0.5) is 0 Å². The summed E-state index contributed by atoms with van der Waals surface area (Å²) in [5.41, 5.74) is 1.30. The Morgan fingerprint density at radius 1 is 0.577 bits per heavy atom. The largest absolute Gasteiger partial charge is 0.0807 e. The molecule has 0 nitrogen and oxygen atoms in total. The second-order valence-corrected chi connectivity index (χ2v) is 11.0. The van der Waals surface area contributed by atoms with Crippen molar-refractivity contribution >= 4 is 90.9 Å². The molecule has 3 heteroatoms. The highest BCUT2D eigenvalue weighted by molar-refractivity contribution is 9.11. The number of benzene rings is 5. The maximum atomic E-state index is 3.87. The molecule has 5 aromatic rings. The number of hydrogen-bond acceptors (Lipinski definition) is 0. The highest BCUT2D eigenvalue weighted by Crippen LogP contribution is 2.47. The van der Waals surface area contributed by atoms with Crippen molar-refractivity contribution < 1.29 is 0 Å². The van der Waals surface area contributed by atoms with E-state index in [1.165, 1.54) is 48.7 Å². The molecule has 0 radical (unpaired) electrons. The van der Waals surface area contributed by atoms with Gasteiger partial charge in [-0.15, -0.1) is 0 Å². The van der Waals surface area contributed by atoms with Gasteiger partial charge >= 0.3 is 0 Å². The topological polar surface area (TPSA) is 0 Å². The predicted molar refractivity (Wildman–Crippen MR) is 125 cm³/mol. The molecule has 26 heavy (non-hydrogen) atoms. The number of hydrogen-bond donors (Lipinski definition) is 0. The molecule has 0 amide bonds. The van der Waals surface area contributed by atoms with Crippen LogP contribution >= 0.6 is 47.8 Å². The molecule has 0 aliphatic heterocycles. The summed E-state index contributed by atoms with van der Waals surface area (Å²) in [6.07, 6.45) is 0. The van der Waals surface area contributed by atoms with Crippen LogP contribution in [0.3, 0.4) is 0 Å². The molecule has 0 aliphatic carbocycles. The van der Waals surface area contributed by atoms with Gasteiger partial charge in [-0.25, -0.2) is 0 Å². The van der Waals surface area contributed by atoms with Crippen LogP contribution in [0.15, 0.2) is 63.5 Å². The van der Waals surface area contributed by atoms with Crippen molar-refractivity contribution in [3.63, 3.8) is 0 Å². The number of fused-ring (bicyclic) bond motifs is 2. The van der Waals surface area contributed by atoms with E-state index >= 15 is 0 Å². The van der Waals surface area contributed by atoms with Gasteiger partial charge in [0, 0.05) is 18.7 Å². The lowest BCUT2D eigenvalue weighted by molar-refractivity contribution is 0.812. The van der Waals surface area contributed by atoms with Gasteiger partial charge in [-0.2, -0.15) is 0 Å². The van der Waals surface area contributed by atoms with Crippen molar-refractivity contribution in [3.8, 4) is 0 Å². The van der Waals surface area contributed by atoms with Gasteiger partial charge in [0.25, 0.3) is 0 Å². The molecule has 0 N–H and O–H groups in total. The molecule has 0 aliphatic rings. The first-order chi connectivity index (χ1) is 12.4. The maximum absolute atomic E-state index is 3.87. The first kappa shape index (κ1) is 17.0. The Morgan fingerprint density at radius 2 is 1.12 bits per heavy atom. The summed E-state index contributed by atoms with van der Waals surface area (Å²) in [6, 6.07) is 20.0. The summed E-state index contributed by atoms with van der Waals surface area (Å²) in [5.74, 6) is 0. The highest BCUT2D eigenvalue weighted by Gasteiger charge is 2.23. The predicted octanol–water partition coefficient (Wildman–Crippen LogP) is 8.89. The minimum atomic E-state index is -0.0985. The van der Waals surface area contributed by atoms with E-state index in [-0.39, 0.29) is 4.32 Å². The average Bonchev–Trinajstić information content (AvgIpc) is 2.61. The summed E-state index contributed by atoms with van der Waals surface area (Å²) in [6.45, 7) is 4.41. The third kappa shape index (κ3) is 2.23. The third-order valence-corrected chi connectivity index (χ3v) is 7.10. The van der Waals surface area contributed by atoms with Gasteiger partial charge in [-0.1, -0.05) is 90.3 Å². The zero-order chi connectivity index (χ0) is 18.2. The quantitative estimate of drug-likeness (QED) is 0.115. The Morgan fingerprint density at radius 3 is 1.81 bits per heavy atom. The Balaban J connectivity index is 2.18. The van der Waals surface area contributed by atoms with E-state index in [0.717, 1.165) is 8.95 Å². The minimum Gasteiger partial charge on any atom is -0.0807 e. The Bertz CT molecular complexity index is 1310. The lowest BCUT2D eigenvalue weighted by Crippen LogP contribution is -2.08. The van der Waals surface area contributed by atoms with E-state index in [1.807, 2.05) is 0 Å². The molecule has 128 valence electrons. The molecule has 5 rings (SSSR count). The first-order valence-electron chi connectivity index (χ1n) is 8.54. The second kappa shape index (κ2) is 5.67. The maximum Gasteiger partial charge on any atom is 0.0456 e. The molecule has 0 heterocycles. The fraction of sp³-hybridized carbons (Fsp3) is 0.130. The summed E-state index contributed by atoms with van der Waals surface area (Å²) in [5, 5.41) is 10.5. The molecular formula is C23H15Br3. The zero-order valence-electron chi connectivity index (χ0n) is 14.3. The van der Waals surface area contributed by atoms with E-state index in [9.17, 15) is 0 Å². The van der Waals surface area contributed by atoms with Gasteiger partial charge < -0.3 is 0 Å². The summed E-state index contributed by atoms with van der Waals surface area (Å²) >= 11 is 11.4. The van der Waals surface area contributed by atoms with E-state index in [2.05, 4.69) is 116 Å². The second-order valence-electron chi connectivity index (χ2n) is 7.30. The molecule has 0 saturated heterocycles. The minimum absolute atomic E-state index is 0.0985. The van der Waals surface area contributed by atoms with Gasteiger partial charge in [0.15, 0.2) is 0 Å². The summed E-state index contributed by atoms with van der Waals surface area (Å²) in [7, 11) is 0. The number of halogens is 3. The molecule has 0 aromatic heterocycles. The molecule has 5 aromatic carbocycles. The van der Waals surface area contributed by atoms with Crippen molar-refractivity contribution in [2.24, 2.45) is 0 Å².